The first-order valence-electron chi connectivity index (χ1n) is 8.13. The summed E-state index contributed by atoms with van der Waals surface area (Å²) in [7, 11) is 0. The van der Waals surface area contributed by atoms with E-state index in [4.69, 9.17) is 10.00 Å². The topological polar surface area (TPSA) is 72.7 Å². The molecule has 2 rings (SSSR count). The number of ether oxygens (including phenoxy) is 1. The van der Waals surface area contributed by atoms with Crippen LogP contribution in [0.3, 0.4) is 0 Å². The molecular formula is C17H26IN5O. The highest BCUT2D eigenvalue weighted by Gasteiger charge is 2.09. The van der Waals surface area contributed by atoms with Crippen molar-refractivity contribution >= 4 is 29.9 Å². The number of rotatable bonds is 6. The lowest BCUT2D eigenvalue weighted by molar-refractivity contribution is 0.0389. The van der Waals surface area contributed by atoms with E-state index in [1.54, 1.807) is 0 Å². The van der Waals surface area contributed by atoms with Gasteiger partial charge in [0.05, 0.1) is 31.4 Å². The molecule has 2 N–H and O–H groups in total. The number of morpholine rings is 1. The van der Waals surface area contributed by atoms with E-state index >= 15 is 0 Å². The first kappa shape index (κ1) is 20.7. The van der Waals surface area contributed by atoms with Crippen LogP contribution in [-0.2, 0) is 11.3 Å². The number of nitriles is 1. The maximum atomic E-state index is 8.81. The standard InChI is InChI=1S/C17H25N5O.HI/c1-2-19-17(20-7-8-22-9-11-23-12-10-22)21-14-16-5-3-15(13-18)4-6-16;/h3-6H,2,7-12,14H2,1H3,(H2,19,20,21);1H. The first-order chi connectivity index (χ1) is 11.3. The second kappa shape index (κ2) is 12.1. The van der Waals surface area contributed by atoms with Gasteiger partial charge in [0, 0.05) is 32.7 Å². The minimum atomic E-state index is 0. The van der Waals surface area contributed by atoms with Crippen LogP contribution in [0.4, 0.5) is 0 Å². The number of nitrogens with one attached hydrogen (secondary N) is 2. The van der Waals surface area contributed by atoms with Gasteiger partial charge in [-0.15, -0.1) is 24.0 Å². The molecule has 1 saturated heterocycles. The predicted molar refractivity (Wildman–Crippen MR) is 107 cm³/mol. The molecule has 0 atom stereocenters. The molecule has 6 nitrogen and oxygen atoms in total. The van der Waals surface area contributed by atoms with Crippen LogP contribution in [0.2, 0.25) is 0 Å². The van der Waals surface area contributed by atoms with Gasteiger partial charge in [0.15, 0.2) is 5.96 Å². The van der Waals surface area contributed by atoms with Crippen molar-refractivity contribution in [2.45, 2.75) is 13.5 Å². The van der Waals surface area contributed by atoms with Crippen LogP contribution in [0.1, 0.15) is 18.1 Å². The molecule has 0 aromatic heterocycles. The van der Waals surface area contributed by atoms with Gasteiger partial charge in [0.2, 0.25) is 0 Å². The number of benzene rings is 1. The van der Waals surface area contributed by atoms with Crippen LogP contribution in [-0.4, -0.2) is 56.8 Å². The Morgan fingerprint density at radius 1 is 1.25 bits per heavy atom. The van der Waals surface area contributed by atoms with E-state index in [2.05, 4.69) is 33.5 Å². The van der Waals surface area contributed by atoms with Crippen molar-refractivity contribution < 1.29 is 4.74 Å². The lowest BCUT2D eigenvalue weighted by Gasteiger charge is -2.26. The van der Waals surface area contributed by atoms with E-state index in [1.165, 1.54) is 0 Å². The highest BCUT2D eigenvalue weighted by molar-refractivity contribution is 14.0. The Balaban J connectivity index is 0.00000288. The van der Waals surface area contributed by atoms with Crippen molar-refractivity contribution in [3.05, 3.63) is 35.4 Å². The molecule has 132 valence electrons. The second-order valence-electron chi connectivity index (χ2n) is 5.38. The van der Waals surface area contributed by atoms with Gasteiger partial charge < -0.3 is 15.4 Å². The molecule has 0 unspecified atom stereocenters. The molecule has 0 bridgehead atoms. The lowest BCUT2D eigenvalue weighted by Crippen LogP contribution is -2.44. The zero-order valence-electron chi connectivity index (χ0n) is 14.1. The average molecular weight is 443 g/mol. The normalized spacial score (nSPS) is 15.2. The van der Waals surface area contributed by atoms with Crippen LogP contribution in [0.25, 0.3) is 0 Å². The minimum Gasteiger partial charge on any atom is -0.379 e. The number of halogens is 1. The summed E-state index contributed by atoms with van der Waals surface area (Å²) in [4.78, 5) is 6.98. The fourth-order valence-electron chi connectivity index (χ4n) is 2.35. The quantitative estimate of drug-likeness (QED) is 0.397. The van der Waals surface area contributed by atoms with Crippen LogP contribution in [0.5, 0.6) is 0 Å². The van der Waals surface area contributed by atoms with Crippen molar-refractivity contribution in [1.82, 2.24) is 15.5 Å². The van der Waals surface area contributed by atoms with E-state index < -0.39 is 0 Å². The third-order valence-electron chi connectivity index (χ3n) is 3.67. The summed E-state index contributed by atoms with van der Waals surface area (Å²) < 4.78 is 5.35. The molecule has 1 aromatic carbocycles. The van der Waals surface area contributed by atoms with Crippen LogP contribution >= 0.6 is 24.0 Å². The molecule has 0 radical (unpaired) electrons. The zero-order valence-corrected chi connectivity index (χ0v) is 16.5. The van der Waals surface area contributed by atoms with Gasteiger partial charge >= 0.3 is 0 Å². The molecule has 0 saturated carbocycles. The van der Waals surface area contributed by atoms with E-state index in [-0.39, 0.29) is 24.0 Å². The monoisotopic (exact) mass is 443 g/mol. The predicted octanol–water partition coefficient (Wildman–Crippen LogP) is 1.56. The summed E-state index contributed by atoms with van der Waals surface area (Å²) in [5, 5.41) is 15.4. The Morgan fingerprint density at radius 3 is 2.58 bits per heavy atom. The van der Waals surface area contributed by atoms with E-state index in [0.29, 0.717) is 12.1 Å². The van der Waals surface area contributed by atoms with E-state index in [9.17, 15) is 0 Å². The zero-order chi connectivity index (χ0) is 16.3. The third-order valence-corrected chi connectivity index (χ3v) is 3.67. The molecular weight excluding hydrogens is 417 g/mol. The second-order valence-corrected chi connectivity index (χ2v) is 5.38. The largest absolute Gasteiger partial charge is 0.379 e. The Morgan fingerprint density at radius 2 is 1.96 bits per heavy atom. The molecule has 1 fully saturated rings. The van der Waals surface area contributed by atoms with Crippen molar-refractivity contribution in [1.29, 1.82) is 5.26 Å². The number of hydrogen-bond acceptors (Lipinski definition) is 4. The Hall–Kier alpha value is -1.37. The molecule has 0 amide bonds. The highest BCUT2D eigenvalue weighted by Crippen LogP contribution is 2.04. The number of nitrogens with zero attached hydrogens (tertiary/aromatic N) is 3. The summed E-state index contributed by atoms with van der Waals surface area (Å²) in [5.41, 5.74) is 1.77. The van der Waals surface area contributed by atoms with Crippen molar-refractivity contribution in [2.75, 3.05) is 45.9 Å². The summed E-state index contributed by atoms with van der Waals surface area (Å²) in [6.07, 6.45) is 0. The van der Waals surface area contributed by atoms with Gasteiger partial charge in [0.25, 0.3) is 0 Å². The van der Waals surface area contributed by atoms with Gasteiger partial charge in [-0.25, -0.2) is 4.99 Å². The first-order valence-corrected chi connectivity index (χ1v) is 8.13. The van der Waals surface area contributed by atoms with Crippen LogP contribution in [0, 0.1) is 11.3 Å². The molecule has 1 heterocycles. The van der Waals surface area contributed by atoms with E-state index in [0.717, 1.165) is 57.5 Å². The molecule has 24 heavy (non-hydrogen) atoms. The maximum absolute atomic E-state index is 8.81. The fraction of sp³-hybridized carbons (Fsp3) is 0.529. The lowest BCUT2D eigenvalue weighted by atomic mass is 10.1. The Kier molecular flexibility index (Phi) is 10.4. The van der Waals surface area contributed by atoms with Gasteiger partial charge in [0.1, 0.15) is 0 Å². The molecule has 0 spiro atoms. The van der Waals surface area contributed by atoms with Crippen LogP contribution < -0.4 is 10.6 Å². The van der Waals surface area contributed by atoms with Gasteiger partial charge in [-0.05, 0) is 24.6 Å². The molecule has 0 aliphatic carbocycles. The van der Waals surface area contributed by atoms with Gasteiger partial charge in [-0.1, -0.05) is 12.1 Å². The molecule has 1 aliphatic rings. The summed E-state index contributed by atoms with van der Waals surface area (Å²) in [5.74, 6) is 0.824. The van der Waals surface area contributed by atoms with Gasteiger partial charge in [-0.3, -0.25) is 4.90 Å². The SMILES string of the molecule is CCNC(=NCc1ccc(C#N)cc1)NCCN1CCOCC1.I. The number of guanidine groups is 1. The molecule has 1 aliphatic heterocycles. The van der Waals surface area contributed by atoms with Crippen molar-refractivity contribution in [3.63, 3.8) is 0 Å². The molecule has 1 aromatic rings. The summed E-state index contributed by atoms with van der Waals surface area (Å²) in [6.45, 7) is 8.99. The molecule has 7 heteroatoms. The minimum absolute atomic E-state index is 0. The van der Waals surface area contributed by atoms with Gasteiger partial charge in [-0.2, -0.15) is 5.26 Å². The smallest absolute Gasteiger partial charge is 0.191 e. The summed E-state index contributed by atoms with van der Waals surface area (Å²) in [6, 6.07) is 9.66. The highest BCUT2D eigenvalue weighted by atomic mass is 127. The van der Waals surface area contributed by atoms with Crippen molar-refractivity contribution in [2.24, 2.45) is 4.99 Å². The Bertz CT molecular complexity index is 535. The number of aliphatic imine (C=N–C) groups is 1. The van der Waals surface area contributed by atoms with Crippen LogP contribution in [0.15, 0.2) is 29.3 Å². The summed E-state index contributed by atoms with van der Waals surface area (Å²) >= 11 is 0. The average Bonchev–Trinajstić information content (AvgIpc) is 2.61. The third kappa shape index (κ3) is 7.47. The van der Waals surface area contributed by atoms with E-state index in [1.807, 2.05) is 24.3 Å². The fourth-order valence-corrected chi connectivity index (χ4v) is 2.35. The number of hydrogen-bond donors (Lipinski definition) is 2. The van der Waals surface area contributed by atoms with Crippen molar-refractivity contribution in [3.8, 4) is 6.07 Å². The Labute approximate surface area is 161 Å². The maximum Gasteiger partial charge on any atom is 0.191 e.